The van der Waals surface area contributed by atoms with E-state index < -0.39 is 6.04 Å². The first kappa shape index (κ1) is 29.9. The van der Waals surface area contributed by atoms with Crippen LogP contribution in [0.15, 0.2) is 94.5 Å². The molecule has 1 aliphatic heterocycles. The molecule has 0 spiro atoms. The Balaban J connectivity index is 1.68. The highest BCUT2D eigenvalue weighted by Crippen LogP contribution is 2.38. The first-order valence-electron chi connectivity index (χ1n) is 13.4. The first-order valence-corrected chi connectivity index (χ1v) is 15.8. The second-order valence-electron chi connectivity index (χ2n) is 9.37. The first-order chi connectivity index (χ1) is 20.3. The summed E-state index contributed by atoms with van der Waals surface area (Å²) in [6, 6.07) is 16.4. The maximum Gasteiger partial charge on any atom is 0.271 e. The van der Waals surface area contributed by atoms with Crippen LogP contribution in [0.1, 0.15) is 38.1 Å². The number of allylic oxidation sites excluding steroid dienone is 1. The third-order valence-electron chi connectivity index (χ3n) is 6.94. The van der Waals surface area contributed by atoms with Crippen LogP contribution in [0.3, 0.4) is 0 Å². The molecule has 2 aromatic carbocycles. The highest BCUT2D eigenvalue weighted by molar-refractivity contribution is 9.10. The van der Waals surface area contributed by atoms with Crippen molar-refractivity contribution in [3.63, 3.8) is 0 Å². The van der Waals surface area contributed by atoms with E-state index in [1.807, 2.05) is 63.2 Å². The van der Waals surface area contributed by atoms with Gasteiger partial charge in [-0.1, -0.05) is 41.3 Å². The number of thiazole rings is 1. The number of carbonyl (C=O) groups excluding carboxylic acids is 1. The number of benzene rings is 2. The van der Waals surface area contributed by atoms with E-state index in [1.54, 1.807) is 41.9 Å². The van der Waals surface area contributed by atoms with Crippen LogP contribution in [0.5, 0.6) is 11.5 Å². The Bertz CT molecular complexity index is 1840. The maximum absolute atomic E-state index is 14.1. The number of nitrogens with zero attached hydrogens (tertiary/aromatic N) is 3. The summed E-state index contributed by atoms with van der Waals surface area (Å²) in [5, 5.41) is 0.683. The molecule has 218 valence electrons. The van der Waals surface area contributed by atoms with Gasteiger partial charge in [-0.2, -0.15) is 0 Å². The van der Waals surface area contributed by atoms with Crippen LogP contribution in [0.4, 0.5) is 0 Å². The monoisotopic (exact) mass is 667 g/mol. The summed E-state index contributed by atoms with van der Waals surface area (Å²) in [6.07, 6.45) is 1.72. The lowest BCUT2D eigenvalue weighted by Gasteiger charge is -2.30. The van der Waals surface area contributed by atoms with Gasteiger partial charge in [-0.05, 0) is 73.1 Å². The minimum atomic E-state index is -0.769. The summed E-state index contributed by atoms with van der Waals surface area (Å²) in [6.45, 7) is 6.72. The average Bonchev–Trinajstić information content (AvgIpc) is 3.49. The molecular weight excluding hydrogens is 638 g/mol. The summed E-state index contributed by atoms with van der Waals surface area (Å²) >= 11 is 6.32. The fourth-order valence-corrected chi connectivity index (χ4v) is 7.24. The van der Waals surface area contributed by atoms with Gasteiger partial charge in [-0.15, -0.1) is 0 Å². The summed E-state index contributed by atoms with van der Waals surface area (Å²) in [7, 11) is 3.14. The number of carbonyl (C=O) groups is 1. The van der Waals surface area contributed by atoms with E-state index in [0.717, 1.165) is 9.37 Å². The largest absolute Gasteiger partial charge is 0.497 e. The van der Waals surface area contributed by atoms with Gasteiger partial charge in [0.05, 0.1) is 34.5 Å². The lowest BCUT2D eigenvalue weighted by Crippen LogP contribution is -2.43. The van der Waals surface area contributed by atoms with Crippen molar-refractivity contribution in [2.45, 2.75) is 36.8 Å². The van der Waals surface area contributed by atoms with Gasteiger partial charge in [-0.25, -0.2) is 4.99 Å². The minimum Gasteiger partial charge on any atom is -0.497 e. The minimum absolute atomic E-state index is 0.178. The van der Waals surface area contributed by atoms with Gasteiger partial charge in [0.25, 0.3) is 11.5 Å². The third kappa shape index (κ3) is 5.73. The van der Waals surface area contributed by atoms with Crippen molar-refractivity contribution < 1.29 is 18.7 Å². The Labute approximate surface area is 260 Å². The molecule has 4 aromatic rings. The number of likely N-dealkylation sites (N-methyl/N-ethyl adjacent to an activating group) is 1. The van der Waals surface area contributed by atoms with Crippen molar-refractivity contribution >= 4 is 51.0 Å². The number of amides is 1. The van der Waals surface area contributed by atoms with Crippen LogP contribution >= 0.6 is 39.0 Å². The third-order valence-corrected chi connectivity index (χ3v) is 9.77. The molecule has 1 aliphatic rings. The number of ether oxygens (including phenoxy) is 2. The van der Waals surface area contributed by atoms with E-state index in [-0.39, 0.29) is 11.5 Å². The standard InChI is InChI=1S/C31H30BrN3O5S2/c1-6-34(7-2)29(37)26-18(3)33-31-35(27(26)22-15-19(38-4)13-14-24(22)39-5)28(36)25(42-31)17-20-16-23(32)30(40-20)41-21-11-9-8-10-12-21/h8-17,27H,6-7H2,1-5H3/b25-17+/t27-/m0/s1. The van der Waals surface area contributed by atoms with E-state index in [0.29, 0.717) is 61.6 Å². The molecule has 0 saturated heterocycles. The molecule has 3 heterocycles. The van der Waals surface area contributed by atoms with Crippen molar-refractivity contribution in [2.24, 2.45) is 4.99 Å². The number of hydrogen-bond donors (Lipinski definition) is 0. The number of methoxy groups -OCH3 is 2. The van der Waals surface area contributed by atoms with Gasteiger partial charge < -0.3 is 18.8 Å². The molecular formula is C31H30BrN3O5S2. The molecule has 42 heavy (non-hydrogen) atoms. The van der Waals surface area contributed by atoms with E-state index in [9.17, 15) is 9.59 Å². The van der Waals surface area contributed by atoms with Gasteiger partial charge in [0.2, 0.25) is 0 Å². The molecule has 0 unspecified atom stereocenters. The molecule has 8 nitrogen and oxygen atoms in total. The van der Waals surface area contributed by atoms with Crippen molar-refractivity contribution in [3.05, 3.63) is 101 Å². The topological polar surface area (TPSA) is 86.3 Å². The normalized spacial score (nSPS) is 14.9. The van der Waals surface area contributed by atoms with Crippen molar-refractivity contribution in [2.75, 3.05) is 27.3 Å². The van der Waals surface area contributed by atoms with E-state index in [1.165, 1.54) is 23.1 Å². The molecule has 0 aliphatic carbocycles. The summed E-state index contributed by atoms with van der Waals surface area (Å²) in [5.74, 6) is 1.47. The van der Waals surface area contributed by atoms with Crippen molar-refractivity contribution in [3.8, 4) is 11.5 Å². The molecule has 0 bridgehead atoms. The number of halogens is 1. The fourth-order valence-electron chi connectivity index (χ4n) is 4.86. The van der Waals surface area contributed by atoms with Gasteiger partial charge in [0.15, 0.2) is 9.89 Å². The summed E-state index contributed by atoms with van der Waals surface area (Å²) < 4.78 is 20.1. The van der Waals surface area contributed by atoms with Crippen molar-refractivity contribution in [1.29, 1.82) is 0 Å². The van der Waals surface area contributed by atoms with Gasteiger partial charge in [0, 0.05) is 29.6 Å². The molecule has 1 atom stereocenters. The van der Waals surface area contributed by atoms with Crippen LogP contribution in [0.2, 0.25) is 0 Å². The number of fused-ring (bicyclic) bond motifs is 1. The molecule has 0 fully saturated rings. The SMILES string of the molecule is CCN(CC)C(=O)C1=C(C)N=c2s/c(=C/c3cc(Br)c(Sc4ccccc4)o3)c(=O)n2[C@H]1c1cc(OC)ccc1OC. The number of aromatic nitrogens is 1. The lowest BCUT2D eigenvalue weighted by atomic mass is 9.93. The molecule has 2 aromatic heterocycles. The second kappa shape index (κ2) is 12.8. The smallest absolute Gasteiger partial charge is 0.271 e. The van der Waals surface area contributed by atoms with E-state index in [2.05, 4.69) is 15.9 Å². The zero-order valence-electron chi connectivity index (χ0n) is 23.8. The molecule has 0 saturated carbocycles. The Hall–Kier alpha value is -3.54. The highest BCUT2D eigenvalue weighted by Gasteiger charge is 2.36. The van der Waals surface area contributed by atoms with E-state index >= 15 is 0 Å². The van der Waals surface area contributed by atoms with E-state index in [4.69, 9.17) is 18.9 Å². The molecule has 0 N–H and O–H groups in total. The predicted molar refractivity (Wildman–Crippen MR) is 168 cm³/mol. The van der Waals surface area contributed by atoms with Crippen molar-refractivity contribution in [1.82, 2.24) is 9.47 Å². The Kier molecular flexibility index (Phi) is 9.10. The number of hydrogen-bond acceptors (Lipinski definition) is 8. The highest BCUT2D eigenvalue weighted by atomic mass is 79.9. The maximum atomic E-state index is 14.1. The summed E-state index contributed by atoms with van der Waals surface area (Å²) in [4.78, 5) is 36.0. The van der Waals surface area contributed by atoms with Gasteiger partial charge >= 0.3 is 0 Å². The van der Waals surface area contributed by atoms with Crippen LogP contribution < -0.4 is 24.4 Å². The Morgan fingerprint density at radius 1 is 1.14 bits per heavy atom. The lowest BCUT2D eigenvalue weighted by molar-refractivity contribution is -0.127. The molecule has 11 heteroatoms. The average molecular weight is 669 g/mol. The predicted octanol–water partition coefficient (Wildman–Crippen LogP) is 5.63. The van der Waals surface area contributed by atoms with Gasteiger partial charge in [-0.3, -0.25) is 14.2 Å². The van der Waals surface area contributed by atoms with Crippen LogP contribution in [0.25, 0.3) is 6.08 Å². The summed E-state index contributed by atoms with van der Waals surface area (Å²) in [5.41, 5.74) is 1.33. The quantitative estimate of drug-likeness (QED) is 0.230. The van der Waals surface area contributed by atoms with Crippen LogP contribution in [-0.4, -0.2) is 42.7 Å². The fraction of sp³-hybridized carbons (Fsp3) is 0.258. The van der Waals surface area contributed by atoms with Gasteiger partial charge in [0.1, 0.15) is 23.3 Å². The zero-order valence-corrected chi connectivity index (χ0v) is 27.1. The zero-order chi connectivity index (χ0) is 30.0. The van der Waals surface area contributed by atoms with Crippen LogP contribution in [-0.2, 0) is 4.79 Å². The Morgan fingerprint density at radius 3 is 2.55 bits per heavy atom. The molecule has 1 amide bonds. The molecule has 5 rings (SSSR count). The van der Waals surface area contributed by atoms with Crippen LogP contribution in [0, 0.1) is 0 Å². The number of furan rings is 1. The second-order valence-corrected chi connectivity index (χ2v) is 12.3. The molecule has 0 radical (unpaired) electrons. The number of rotatable bonds is 9. The Morgan fingerprint density at radius 2 is 1.88 bits per heavy atom.